The molecule has 1 aliphatic rings. The highest BCUT2D eigenvalue weighted by Gasteiger charge is 2.34. The van der Waals surface area contributed by atoms with Crippen molar-refractivity contribution in [1.82, 2.24) is 4.90 Å². The van der Waals surface area contributed by atoms with Gasteiger partial charge in [-0.2, -0.15) is 0 Å². The average molecular weight is 443 g/mol. The molecule has 0 radical (unpaired) electrons. The summed E-state index contributed by atoms with van der Waals surface area (Å²) in [5.74, 6) is -1.49. The molecule has 0 bridgehead atoms. The van der Waals surface area contributed by atoms with Crippen LogP contribution >= 0.6 is 0 Å². The molecular formula is C25H17NO7. The fourth-order valence-corrected chi connectivity index (χ4v) is 3.78. The van der Waals surface area contributed by atoms with E-state index in [0.717, 1.165) is 4.90 Å². The number of fused-ring (bicyclic) bond motifs is 2. The van der Waals surface area contributed by atoms with Crippen LogP contribution in [0.2, 0.25) is 0 Å². The van der Waals surface area contributed by atoms with Crippen LogP contribution in [-0.4, -0.2) is 29.2 Å². The maximum Gasteiger partial charge on any atom is 0.311 e. The van der Waals surface area contributed by atoms with Gasteiger partial charge in [0.15, 0.2) is 5.76 Å². The van der Waals surface area contributed by atoms with Gasteiger partial charge in [-0.3, -0.25) is 24.1 Å². The van der Waals surface area contributed by atoms with Crippen molar-refractivity contribution in [1.29, 1.82) is 0 Å². The summed E-state index contributed by atoms with van der Waals surface area (Å²) < 4.78 is 16.5. The largest absolute Gasteiger partial charge is 0.461 e. The van der Waals surface area contributed by atoms with Crippen LogP contribution in [0.25, 0.3) is 22.5 Å². The smallest absolute Gasteiger partial charge is 0.311 e. The van der Waals surface area contributed by atoms with Crippen molar-refractivity contribution >= 4 is 28.8 Å². The summed E-state index contributed by atoms with van der Waals surface area (Å²) in [4.78, 5) is 51.5. The van der Waals surface area contributed by atoms with Gasteiger partial charge in [0.25, 0.3) is 11.8 Å². The fourth-order valence-electron chi connectivity index (χ4n) is 3.78. The van der Waals surface area contributed by atoms with Crippen LogP contribution in [0.5, 0.6) is 5.75 Å². The van der Waals surface area contributed by atoms with Crippen LogP contribution in [0.3, 0.4) is 0 Å². The number of imide groups is 1. The first-order valence-corrected chi connectivity index (χ1v) is 10.3. The van der Waals surface area contributed by atoms with Gasteiger partial charge in [0, 0.05) is 13.0 Å². The molecule has 8 nitrogen and oxygen atoms in total. The third-order valence-corrected chi connectivity index (χ3v) is 5.36. The van der Waals surface area contributed by atoms with E-state index in [0.29, 0.717) is 16.7 Å². The first kappa shape index (κ1) is 20.4. The summed E-state index contributed by atoms with van der Waals surface area (Å²) in [7, 11) is 0. The summed E-state index contributed by atoms with van der Waals surface area (Å²) in [6, 6.07) is 16.4. The Morgan fingerprint density at radius 1 is 0.879 bits per heavy atom. The minimum atomic E-state index is -0.693. The molecule has 3 heterocycles. The summed E-state index contributed by atoms with van der Waals surface area (Å²) in [5, 5.41) is 0.265. The number of benzene rings is 2. The SMILES string of the molecule is O=C(CCCN1C(=O)c2ccccc2C1=O)Oc1c(-c2ccco2)oc2ccccc2c1=O. The van der Waals surface area contributed by atoms with E-state index >= 15 is 0 Å². The number of carbonyl (C=O) groups is 3. The van der Waals surface area contributed by atoms with Gasteiger partial charge in [-0.25, -0.2) is 0 Å². The van der Waals surface area contributed by atoms with Crippen molar-refractivity contribution in [2.24, 2.45) is 0 Å². The van der Waals surface area contributed by atoms with Gasteiger partial charge in [-0.05, 0) is 42.8 Å². The highest BCUT2D eigenvalue weighted by Crippen LogP contribution is 2.31. The summed E-state index contributed by atoms with van der Waals surface area (Å²) in [6.45, 7) is 0.0544. The van der Waals surface area contributed by atoms with Gasteiger partial charge in [0.05, 0.1) is 22.8 Å². The van der Waals surface area contributed by atoms with Crippen LogP contribution in [0.1, 0.15) is 33.6 Å². The van der Waals surface area contributed by atoms with Gasteiger partial charge in [0.2, 0.25) is 16.9 Å². The molecule has 5 rings (SSSR count). The number of furan rings is 1. The number of amides is 2. The molecule has 0 saturated carbocycles. The Hall–Kier alpha value is -4.46. The van der Waals surface area contributed by atoms with Crippen molar-refractivity contribution in [3.63, 3.8) is 0 Å². The number of esters is 1. The molecule has 0 saturated heterocycles. The van der Waals surface area contributed by atoms with E-state index in [9.17, 15) is 19.2 Å². The van der Waals surface area contributed by atoms with E-state index in [1.165, 1.54) is 6.26 Å². The van der Waals surface area contributed by atoms with E-state index in [4.69, 9.17) is 13.6 Å². The van der Waals surface area contributed by atoms with E-state index in [1.807, 2.05) is 0 Å². The molecule has 0 spiro atoms. The van der Waals surface area contributed by atoms with Crippen molar-refractivity contribution in [3.8, 4) is 17.3 Å². The lowest BCUT2D eigenvalue weighted by atomic mass is 10.1. The van der Waals surface area contributed by atoms with Gasteiger partial charge in [-0.15, -0.1) is 0 Å². The lowest BCUT2D eigenvalue weighted by Gasteiger charge is -2.13. The Bertz CT molecular complexity index is 1410. The second-order valence-corrected chi connectivity index (χ2v) is 7.45. The summed E-state index contributed by atoms with van der Waals surface area (Å²) in [5.41, 5.74) is 0.528. The van der Waals surface area contributed by atoms with Crippen LogP contribution in [0.4, 0.5) is 0 Å². The molecule has 0 aliphatic carbocycles. The highest BCUT2D eigenvalue weighted by atomic mass is 16.5. The predicted molar refractivity (Wildman–Crippen MR) is 117 cm³/mol. The molecule has 0 unspecified atom stereocenters. The van der Waals surface area contributed by atoms with E-state index in [1.54, 1.807) is 60.7 Å². The van der Waals surface area contributed by atoms with Crippen LogP contribution < -0.4 is 10.2 Å². The first-order valence-electron chi connectivity index (χ1n) is 10.3. The van der Waals surface area contributed by atoms with Gasteiger partial charge >= 0.3 is 5.97 Å². The quantitative estimate of drug-likeness (QED) is 0.327. The zero-order valence-electron chi connectivity index (χ0n) is 17.3. The minimum Gasteiger partial charge on any atom is -0.461 e. The molecule has 2 amide bonds. The van der Waals surface area contributed by atoms with Crippen LogP contribution in [-0.2, 0) is 4.79 Å². The minimum absolute atomic E-state index is 0.0115. The van der Waals surface area contributed by atoms with E-state index in [-0.39, 0.29) is 53.9 Å². The molecule has 0 atom stereocenters. The Labute approximate surface area is 187 Å². The highest BCUT2D eigenvalue weighted by molar-refractivity contribution is 6.21. The number of nitrogens with zero attached hydrogens (tertiary/aromatic N) is 1. The van der Waals surface area contributed by atoms with Crippen LogP contribution in [0.15, 0.2) is 80.6 Å². The molecule has 1 aliphatic heterocycles. The number of hydrogen-bond donors (Lipinski definition) is 0. The molecule has 4 aromatic rings. The second kappa shape index (κ2) is 8.23. The first-order chi connectivity index (χ1) is 16.0. The number of rotatable bonds is 6. The van der Waals surface area contributed by atoms with Gasteiger partial charge in [0.1, 0.15) is 5.58 Å². The van der Waals surface area contributed by atoms with Crippen LogP contribution in [0, 0.1) is 0 Å². The van der Waals surface area contributed by atoms with Crippen molar-refractivity contribution in [2.45, 2.75) is 12.8 Å². The Balaban J connectivity index is 1.33. The Morgan fingerprint density at radius 2 is 1.58 bits per heavy atom. The summed E-state index contributed by atoms with van der Waals surface area (Å²) >= 11 is 0. The monoisotopic (exact) mass is 443 g/mol. The number of carbonyl (C=O) groups excluding carboxylic acids is 3. The zero-order chi connectivity index (χ0) is 22.9. The normalized spacial score (nSPS) is 12.9. The molecule has 2 aromatic heterocycles. The molecule has 164 valence electrons. The zero-order valence-corrected chi connectivity index (χ0v) is 17.3. The molecule has 8 heteroatoms. The third kappa shape index (κ3) is 3.61. The van der Waals surface area contributed by atoms with Gasteiger partial charge < -0.3 is 13.6 Å². The van der Waals surface area contributed by atoms with Gasteiger partial charge in [-0.1, -0.05) is 24.3 Å². The predicted octanol–water partition coefficient (Wildman–Crippen LogP) is 4.03. The number of para-hydroxylation sites is 1. The standard InChI is InChI=1S/C25H17NO7/c27-20(12-5-13-26-24(29)15-7-1-2-8-16(15)25(26)30)33-23-21(28)17-9-3-4-10-18(17)32-22(23)19-11-6-14-31-19/h1-4,6-11,14H,5,12-13H2. The molecule has 2 aromatic carbocycles. The topological polar surface area (TPSA) is 107 Å². The Kier molecular flexibility index (Phi) is 5.10. The fraction of sp³-hybridized carbons (Fsp3) is 0.120. The molecule has 0 fully saturated rings. The van der Waals surface area contributed by atoms with Crippen molar-refractivity contribution < 1.29 is 28.0 Å². The van der Waals surface area contributed by atoms with E-state index in [2.05, 4.69) is 0 Å². The maximum atomic E-state index is 13.0. The number of hydrogen-bond acceptors (Lipinski definition) is 7. The van der Waals surface area contributed by atoms with Crippen molar-refractivity contribution in [2.75, 3.05) is 6.54 Å². The third-order valence-electron chi connectivity index (χ3n) is 5.36. The Morgan fingerprint density at radius 3 is 2.27 bits per heavy atom. The molecule has 33 heavy (non-hydrogen) atoms. The summed E-state index contributed by atoms with van der Waals surface area (Å²) in [6.07, 6.45) is 1.48. The van der Waals surface area contributed by atoms with Crippen molar-refractivity contribution in [3.05, 3.63) is 88.3 Å². The lowest BCUT2D eigenvalue weighted by molar-refractivity contribution is -0.134. The molecular weight excluding hydrogens is 426 g/mol. The average Bonchev–Trinajstić information content (AvgIpc) is 3.44. The number of ether oxygens (including phenoxy) is 1. The van der Waals surface area contributed by atoms with E-state index < -0.39 is 11.4 Å². The maximum absolute atomic E-state index is 13.0. The molecule has 0 N–H and O–H groups in total. The lowest BCUT2D eigenvalue weighted by Crippen LogP contribution is -2.31. The second-order valence-electron chi connectivity index (χ2n) is 7.45.